The Balaban J connectivity index is 1.92. The van der Waals surface area contributed by atoms with E-state index in [4.69, 9.17) is 27.9 Å². The molecule has 0 aromatic carbocycles. The molecule has 0 radical (unpaired) electrons. The van der Waals surface area contributed by atoms with Crippen molar-refractivity contribution in [2.45, 2.75) is 12.3 Å². The van der Waals surface area contributed by atoms with Gasteiger partial charge in [0.25, 0.3) is 0 Å². The van der Waals surface area contributed by atoms with Gasteiger partial charge in [-0.3, -0.25) is 4.79 Å². The van der Waals surface area contributed by atoms with Gasteiger partial charge >= 0.3 is 12.1 Å². The first-order valence-electron chi connectivity index (χ1n) is 4.98. The second-order valence-electron chi connectivity index (χ2n) is 3.74. The van der Waals surface area contributed by atoms with Crippen LogP contribution in [0.1, 0.15) is 0 Å². The molecule has 1 aliphatic heterocycles. The Labute approximate surface area is 115 Å². The Morgan fingerprint density at radius 1 is 1.42 bits per heavy atom. The molecule has 5 nitrogen and oxygen atoms in total. The van der Waals surface area contributed by atoms with Crippen LogP contribution in [-0.4, -0.2) is 46.1 Å². The number of hydrogen-bond acceptors (Lipinski definition) is 4. The quantitative estimate of drug-likeness (QED) is 0.783. The van der Waals surface area contributed by atoms with Gasteiger partial charge < -0.3 is 9.64 Å². The molecule has 0 spiro atoms. The Hall–Kier alpha value is -1.28. The zero-order chi connectivity index (χ0) is 14.2. The third kappa shape index (κ3) is 3.19. The van der Waals surface area contributed by atoms with Gasteiger partial charge in [-0.25, -0.2) is 4.98 Å². The van der Waals surface area contributed by atoms with Gasteiger partial charge in [0.05, 0.1) is 19.3 Å². The van der Waals surface area contributed by atoms with Gasteiger partial charge in [0.2, 0.25) is 11.2 Å². The van der Waals surface area contributed by atoms with E-state index in [0.717, 1.165) is 0 Å². The fraction of sp³-hybridized carbons (Fsp3) is 0.444. The molecule has 0 saturated carbocycles. The number of rotatable bonds is 2. The molecular formula is C9H6Cl2F3N3O2. The van der Waals surface area contributed by atoms with Crippen LogP contribution in [0.15, 0.2) is 6.20 Å². The molecule has 10 heteroatoms. The van der Waals surface area contributed by atoms with E-state index in [-0.39, 0.29) is 29.3 Å². The van der Waals surface area contributed by atoms with Crippen LogP contribution in [0, 0.1) is 0 Å². The van der Waals surface area contributed by atoms with E-state index in [1.54, 1.807) is 0 Å². The van der Waals surface area contributed by atoms with Gasteiger partial charge in [-0.15, -0.1) is 0 Å². The van der Waals surface area contributed by atoms with Gasteiger partial charge in [0, 0.05) is 0 Å². The van der Waals surface area contributed by atoms with Crippen LogP contribution in [0.4, 0.5) is 13.2 Å². The maximum atomic E-state index is 12.1. The molecular weight excluding hydrogens is 310 g/mol. The number of halogens is 5. The number of hydrogen-bond donors (Lipinski definition) is 0. The molecule has 1 fully saturated rings. The van der Waals surface area contributed by atoms with Gasteiger partial charge in [0.1, 0.15) is 11.1 Å². The van der Waals surface area contributed by atoms with Crippen molar-refractivity contribution in [3.8, 4) is 5.88 Å². The molecule has 0 bridgehead atoms. The number of ether oxygens (including phenoxy) is 1. The number of carbonyl (C=O) groups excluding carboxylic acids is 1. The molecule has 2 heterocycles. The van der Waals surface area contributed by atoms with Crippen molar-refractivity contribution in [2.24, 2.45) is 0 Å². The highest BCUT2D eigenvalue weighted by Crippen LogP contribution is 2.27. The molecule has 19 heavy (non-hydrogen) atoms. The second-order valence-corrected chi connectivity index (χ2v) is 4.49. The van der Waals surface area contributed by atoms with E-state index in [1.807, 2.05) is 0 Å². The predicted octanol–water partition coefficient (Wildman–Crippen LogP) is 1.94. The fourth-order valence-electron chi connectivity index (χ4n) is 1.43. The monoisotopic (exact) mass is 315 g/mol. The van der Waals surface area contributed by atoms with Gasteiger partial charge in [-0.2, -0.15) is 18.2 Å². The van der Waals surface area contributed by atoms with Gasteiger partial charge in [-0.1, -0.05) is 11.6 Å². The summed E-state index contributed by atoms with van der Waals surface area (Å²) in [5, 5.41) is -0.00746. The number of aromatic nitrogens is 2. The Bertz CT molecular complexity index is 506. The predicted molar refractivity (Wildman–Crippen MR) is 59.1 cm³/mol. The third-order valence-electron chi connectivity index (χ3n) is 2.34. The standard InChI is InChI=1S/C9H6Cl2F3N3O2/c10-5-1-15-8(11)16-6(5)19-4-2-17(3-4)7(18)9(12,13)14/h1,4H,2-3H2. The van der Waals surface area contributed by atoms with Crippen LogP contribution in [-0.2, 0) is 4.79 Å². The number of alkyl halides is 3. The first kappa shape index (κ1) is 14.1. The minimum Gasteiger partial charge on any atom is -0.469 e. The lowest BCUT2D eigenvalue weighted by molar-refractivity contribution is -0.193. The average Bonchev–Trinajstić information content (AvgIpc) is 2.25. The molecule has 1 amide bonds. The van der Waals surface area contributed by atoms with Crippen molar-refractivity contribution in [2.75, 3.05) is 13.1 Å². The summed E-state index contributed by atoms with van der Waals surface area (Å²) in [5.74, 6) is -1.91. The van der Waals surface area contributed by atoms with Crippen LogP contribution in [0.25, 0.3) is 0 Å². The largest absolute Gasteiger partial charge is 0.471 e. The highest BCUT2D eigenvalue weighted by molar-refractivity contribution is 6.32. The van der Waals surface area contributed by atoms with E-state index in [9.17, 15) is 18.0 Å². The van der Waals surface area contributed by atoms with Crippen LogP contribution in [0.2, 0.25) is 10.3 Å². The summed E-state index contributed by atoms with van der Waals surface area (Å²) in [7, 11) is 0. The van der Waals surface area contributed by atoms with E-state index >= 15 is 0 Å². The Morgan fingerprint density at radius 3 is 2.63 bits per heavy atom. The second kappa shape index (κ2) is 5.01. The summed E-state index contributed by atoms with van der Waals surface area (Å²) in [4.78, 5) is 18.7. The summed E-state index contributed by atoms with van der Waals surface area (Å²) in [6.07, 6.45) is -4.26. The molecule has 104 valence electrons. The van der Waals surface area contributed by atoms with Crippen LogP contribution in [0.5, 0.6) is 5.88 Å². The molecule has 0 aliphatic carbocycles. The molecule has 0 N–H and O–H groups in total. The van der Waals surface area contributed by atoms with Crippen LogP contribution >= 0.6 is 23.2 Å². The topological polar surface area (TPSA) is 55.3 Å². The summed E-state index contributed by atoms with van der Waals surface area (Å²) in [5.41, 5.74) is 0. The summed E-state index contributed by atoms with van der Waals surface area (Å²) in [6, 6.07) is 0. The highest BCUT2D eigenvalue weighted by atomic mass is 35.5. The first-order valence-corrected chi connectivity index (χ1v) is 5.74. The van der Waals surface area contributed by atoms with Gasteiger partial charge in [-0.05, 0) is 11.6 Å². The van der Waals surface area contributed by atoms with Crippen molar-refractivity contribution in [3.63, 3.8) is 0 Å². The van der Waals surface area contributed by atoms with E-state index in [1.165, 1.54) is 6.20 Å². The normalized spacial score (nSPS) is 16.2. The molecule has 2 rings (SSSR count). The van der Waals surface area contributed by atoms with Crippen LogP contribution in [0.3, 0.4) is 0 Å². The lowest BCUT2D eigenvalue weighted by atomic mass is 10.1. The zero-order valence-corrected chi connectivity index (χ0v) is 10.6. The molecule has 1 saturated heterocycles. The van der Waals surface area contributed by atoms with Crippen molar-refractivity contribution in [3.05, 3.63) is 16.5 Å². The number of likely N-dealkylation sites (tertiary alicyclic amines) is 1. The average molecular weight is 316 g/mol. The number of amides is 1. The first-order chi connectivity index (χ1) is 8.77. The smallest absolute Gasteiger partial charge is 0.469 e. The Morgan fingerprint density at radius 2 is 2.05 bits per heavy atom. The summed E-state index contributed by atoms with van der Waals surface area (Å²) in [6.45, 7) is -0.368. The SMILES string of the molecule is O=C(N1CC(Oc2nc(Cl)ncc2Cl)C1)C(F)(F)F. The van der Waals surface area contributed by atoms with Crippen molar-refractivity contribution in [1.29, 1.82) is 0 Å². The Kier molecular flexibility index (Phi) is 3.73. The lowest BCUT2D eigenvalue weighted by Crippen LogP contribution is -2.59. The third-order valence-corrected chi connectivity index (χ3v) is 2.78. The highest BCUT2D eigenvalue weighted by Gasteiger charge is 2.47. The fourth-order valence-corrected chi connectivity index (χ4v) is 1.69. The minimum absolute atomic E-state index is 0.0224. The number of nitrogens with zero attached hydrogens (tertiary/aromatic N) is 3. The molecule has 0 atom stereocenters. The van der Waals surface area contributed by atoms with Gasteiger partial charge in [0.15, 0.2) is 0 Å². The lowest BCUT2D eigenvalue weighted by Gasteiger charge is -2.38. The molecule has 1 aromatic heterocycles. The molecule has 1 aromatic rings. The molecule has 1 aliphatic rings. The van der Waals surface area contributed by atoms with E-state index in [2.05, 4.69) is 9.97 Å². The van der Waals surface area contributed by atoms with Crippen molar-refractivity contribution < 1.29 is 22.7 Å². The number of carbonyl (C=O) groups is 1. The van der Waals surface area contributed by atoms with Crippen LogP contribution < -0.4 is 4.74 Å². The van der Waals surface area contributed by atoms with E-state index in [0.29, 0.717) is 4.90 Å². The summed E-state index contributed by atoms with van der Waals surface area (Å²) < 4.78 is 41.5. The molecule has 0 unspecified atom stereocenters. The zero-order valence-electron chi connectivity index (χ0n) is 9.12. The maximum absolute atomic E-state index is 12.1. The van der Waals surface area contributed by atoms with Crippen molar-refractivity contribution >= 4 is 29.1 Å². The minimum atomic E-state index is -4.87. The van der Waals surface area contributed by atoms with E-state index < -0.39 is 18.2 Å². The van der Waals surface area contributed by atoms with Crippen molar-refractivity contribution in [1.82, 2.24) is 14.9 Å². The summed E-state index contributed by atoms with van der Waals surface area (Å²) >= 11 is 11.2. The maximum Gasteiger partial charge on any atom is 0.471 e.